The summed E-state index contributed by atoms with van der Waals surface area (Å²) in [6, 6.07) is 6.14. The van der Waals surface area contributed by atoms with Crippen molar-refractivity contribution in [2.75, 3.05) is 5.32 Å². The first-order valence-corrected chi connectivity index (χ1v) is 7.45. The number of rotatable bonds is 1. The first-order valence-electron chi connectivity index (χ1n) is 6.69. The molecule has 0 bridgehead atoms. The van der Waals surface area contributed by atoms with Crippen molar-refractivity contribution in [2.45, 2.75) is 12.7 Å². The predicted octanol–water partition coefficient (Wildman–Crippen LogP) is 4.90. The standard InChI is InChI=1S/C15H10Cl2F3N3O/c16-10-4-9(15(18,19)20)5-11(17)13(10)7-1-2-12-8(3-7)6-23(21)14(24)22-12/h1-5H,6,21H2,(H,22,24). The van der Waals surface area contributed by atoms with E-state index in [-0.39, 0.29) is 22.2 Å². The lowest BCUT2D eigenvalue weighted by Gasteiger charge is -2.26. The third-order valence-corrected chi connectivity index (χ3v) is 4.20. The highest BCUT2D eigenvalue weighted by Gasteiger charge is 2.32. The molecule has 4 nitrogen and oxygen atoms in total. The summed E-state index contributed by atoms with van der Waals surface area (Å²) in [6.45, 7) is 0.158. The number of urea groups is 1. The smallest absolute Gasteiger partial charge is 0.306 e. The van der Waals surface area contributed by atoms with E-state index in [1.807, 2.05) is 0 Å². The highest BCUT2D eigenvalue weighted by Crippen LogP contribution is 2.41. The minimum Gasteiger partial charge on any atom is -0.306 e. The number of carbonyl (C=O) groups excluding carboxylic acids is 1. The molecule has 1 aliphatic heterocycles. The maximum Gasteiger partial charge on any atom is 0.416 e. The van der Waals surface area contributed by atoms with E-state index in [0.717, 1.165) is 17.1 Å². The van der Waals surface area contributed by atoms with E-state index in [2.05, 4.69) is 5.32 Å². The Morgan fingerprint density at radius 2 is 1.75 bits per heavy atom. The van der Waals surface area contributed by atoms with Crippen molar-refractivity contribution < 1.29 is 18.0 Å². The number of fused-ring (bicyclic) bond motifs is 1. The number of halogens is 5. The average molecular weight is 376 g/mol. The fourth-order valence-corrected chi connectivity index (χ4v) is 3.16. The Labute approximate surface area is 144 Å². The molecule has 0 aromatic heterocycles. The van der Waals surface area contributed by atoms with Gasteiger partial charge in [0.25, 0.3) is 0 Å². The summed E-state index contributed by atoms with van der Waals surface area (Å²) in [6.07, 6.45) is -4.54. The first-order chi connectivity index (χ1) is 11.2. The summed E-state index contributed by atoms with van der Waals surface area (Å²) < 4.78 is 38.4. The van der Waals surface area contributed by atoms with Gasteiger partial charge in [-0.25, -0.2) is 10.6 Å². The van der Waals surface area contributed by atoms with Crippen LogP contribution in [0.15, 0.2) is 30.3 Å². The van der Waals surface area contributed by atoms with E-state index in [0.29, 0.717) is 16.8 Å². The van der Waals surface area contributed by atoms with Gasteiger partial charge in [0.05, 0.1) is 22.2 Å². The van der Waals surface area contributed by atoms with Crippen LogP contribution in [0.1, 0.15) is 11.1 Å². The monoisotopic (exact) mass is 375 g/mol. The van der Waals surface area contributed by atoms with Gasteiger partial charge in [-0.3, -0.25) is 5.01 Å². The zero-order valence-electron chi connectivity index (χ0n) is 11.9. The second kappa shape index (κ2) is 5.84. The molecular formula is C15H10Cl2F3N3O. The normalized spacial score (nSPS) is 14.4. The van der Waals surface area contributed by atoms with Gasteiger partial charge in [-0.15, -0.1) is 0 Å². The van der Waals surface area contributed by atoms with Crippen LogP contribution in [0.2, 0.25) is 10.0 Å². The van der Waals surface area contributed by atoms with Crippen molar-refractivity contribution in [1.82, 2.24) is 5.01 Å². The summed E-state index contributed by atoms with van der Waals surface area (Å²) in [4.78, 5) is 11.5. The molecule has 0 unspecified atom stereocenters. The molecule has 1 aliphatic rings. The number of alkyl halides is 3. The molecule has 24 heavy (non-hydrogen) atoms. The third-order valence-electron chi connectivity index (χ3n) is 3.61. The van der Waals surface area contributed by atoms with Crippen LogP contribution >= 0.6 is 23.2 Å². The molecule has 0 saturated heterocycles. The predicted molar refractivity (Wildman–Crippen MR) is 85.6 cm³/mol. The summed E-state index contributed by atoms with van der Waals surface area (Å²) in [5.41, 5.74) is 1.17. The van der Waals surface area contributed by atoms with Crippen molar-refractivity contribution >= 4 is 34.9 Å². The highest BCUT2D eigenvalue weighted by molar-refractivity contribution is 6.39. The Hall–Kier alpha value is -1.96. The lowest BCUT2D eigenvalue weighted by Crippen LogP contribution is -2.43. The van der Waals surface area contributed by atoms with Gasteiger partial charge in [-0.1, -0.05) is 29.3 Å². The molecule has 0 aliphatic carbocycles. The van der Waals surface area contributed by atoms with Crippen LogP contribution in [-0.2, 0) is 12.7 Å². The minimum atomic E-state index is -4.54. The maximum absolute atomic E-state index is 12.8. The quantitative estimate of drug-likeness (QED) is 0.550. The second-order valence-electron chi connectivity index (χ2n) is 5.24. The lowest BCUT2D eigenvalue weighted by molar-refractivity contribution is -0.137. The summed E-state index contributed by atoms with van der Waals surface area (Å²) in [7, 11) is 0. The van der Waals surface area contributed by atoms with Gasteiger partial charge < -0.3 is 5.32 Å². The van der Waals surface area contributed by atoms with Crippen LogP contribution in [0, 0.1) is 0 Å². The summed E-state index contributed by atoms with van der Waals surface area (Å²) in [5.74, 6) is 5.55. The lowest BCUT2D eigenvalue weighted by atomic mass is 9.99. The number of amides is 2. The van der Waals surface area contributed by atoms with Gasteiger partial charge in [0, 0.05) is 11.3 Å². The van der Waals surface area contributed by atoms with E-state index >= 15 is 0 Å². The molecule has 2 aromatic carbocycles. The first kappa shape index (κ1) is 16.9. The van der Waals surface area contributed by atoms with Crippen LogP contribution in [0.25, 0.3) is 11.1 Å². The third kappa shape index (κ3) is 3.02. The fraction of sp³-hybridized carbons (Fsp3) is 0.133. The zero-order chi connectivity index (χ0) is 17.6. The molecule has 1 heterocycles. The molecule has 126 valence electrons. The van der Waals surface area contributed by atoms with Crippen molar-refractivity contribution in [2.24, 2.45) is 5.84 Å². The van der Waals surface area contributed by atoms with Crippen molar-refractivity contribution in [3.8, 4) is 11.1 Å². The van der Waals surface area contributed by atoms with Gasteiger partial charge in [0.15, 0.2) is 0 Å². The van der Waals surface area contributed by atoms with E-state index in [9.17, 15) is 18.0 Å². The Morgan fingerprint density at radius 3 is 2.33 bits per heavy atom. The molecule has 0 atom stereocenters. The van der Waals surface area contributed by atoms with Crippen LogP contribution in [-0.4, -0.2) is 11.0 Å². The Bertz CT molecular complexity index is 816. The zero-order valence-corrected chi connectivity index (χ0v) is 13.4. The van der Waals surface area contributed by atoms with Crippen molar-refractivity contribution in [1.29, 1.82) is 0 Å². The SMILES string of the molecule is NN1Cc2cc(-c3c(Cl)cc(C(F)(F)F)cc3Cl)ccc2NC1=O. The fourth-order valence-electron chi connectivity index (χ4n) is 2.46. The number of hydrogen-bond acceptors (Lipinski definition) is 2. The summed E-state index contributed by atoms with van der Waals surface area (Å²) in [5, 5.41) is 3.36. The number of nitrogens with one attached hydrogen (secondary N) is 1. The number of nitrogens with two attached hydrogens (primary N) is 1. The summed E-state index contributed by atoms with van der Waals surface area (Å²) >= 11 is 12.0. The van der Waals surface area contributed by atoms with Gasteiger partial charge >= 0.3 is 12.2 Å². The average Bonchev–Trinajstić information content (AvgIpc) is 2.47. The largest absolute Gasteiger partial charge is 0.416 e. The van der Waals surface area contributed by atoms with Crippen LogP contribution < -0.4 is 11.2 Å². The topological polar surface area (TPSA) is 58.4 Å². The number of nitrogens with zero attached hydrogens (tertiary/aromatic N) is 1. The van der Waals surface area contributed by atoms with Crippen LogP contribution in [0.4, 0.5) is 23.7 Å². The Balaban J connectivity index is 2.07. The van der Waals surface area contributed by atoms with Crippen LogP contribution in [0.3, 0.4) is 0 Å². The number of hydrazine groups is 1. The molecular weight excluding hydrogens is 366 g/mol. The van der Waals surface area contributed by atoms with Gasteiger partial charge in [0.1, 0.15) is 0 Å². The van der Waals surface area contributed by atoms with E-state index in [4.69, 9.17) is 29.0 Å². The van der Waals surface area contributed by atoms with Crippen molar-refractivity contribution in [3.63, 3.8) is 0 Å². The maximum atomic E-state index is 12.8. The molecule has 3 N–H and O–H groups in total. The number of carbonyl (C=O) groups is 1. The molecule has 3 rings (SSSR count). The highest BCUT2D eigenvalue weighted by atomic mass is 35.5. The molecule has 0 fully saturated rings. The van der Waals surface area contributed by atoms with Crippen molar-refractivity contribution in [3.05, 3.63) is 51.5 Å². The van der Waals surface area contributed by atoms with Gasteiger partial charge in [-0.05, 0) is 35.4 Å². The van der Waals surface area contributed by atoms with Gasteiger partial charge in [-0.2, -0.15) is 13.2 Å². The Morgan fingerprint density at radius 1 is 1.12 bits per heavy atom. The molecule has 2 aromatic rings. The van der Waals surface area contributed by atoms with Gasteiger partial charge in [0.2, 0.25) is 0 Å². The molecule has 2 amide bonds. The molecule has 0 saturated carbocycles. The van der Waals surface area contributed by atoms with Crippen LogP contribution in [0.5, 0.6) is 0 Å². The number of benzene rings is 2. The Kier molecular flexibility index (Phi) is 4.11. The minimum absolute atomic E-state index is 0.112. The molecule has 0 radical (unpaired) electrons. The number of anilines is 1. The van der Waals surface area contributed by atoms with E-state index in [1.165, 1.54) is 0 Å². The van der Waals surface area contributed by atoms with E-state index < -0.39 is 17.8 Å². The number of hydrogen-bond donors (Lipinski definition) is 2. The molecule has 9 heteroatoms. The second-order valence-corrected chi connectivity index (χ2v) is 6.06. The van der Waals surface area contributed by atoms with E-state index in [1.54, 1.807) is 18.2 Å². The molecule has 0 spiro atoms.